The lowest BCUT2D eigenvalue weighted by Crippen LogP contribution is -2.42. The Morgan fingerprint density at radius 3 is 2.63 bits per heavy atom. The average molecular weight is 491 g/mol. The van der Waals surface area contributed by atoms with Crippen molar-refractivity contribution in [3.05, 3.63) is 84.3 Å². The topological polar surface area (TPSA) is 82.6 Å². The SMILES string of the molecule is COc1cccc(-c2nnc(S[C@H](C(=O)N3CCOCC3)c3ccccc3)n2Cc2ccco2)c1. The molecule has 1 amide bonds. The lowest BCUT2D eigenvalue weighted by atomic mass is 10.1. The summed E-state index contributed by atoms with van der Waals surface area (Å²) in [5.41, 5.74) is 1.79. The predicted molar refractivity (Wildman–Crippen MR) is 132 cm³/mol. The third-order valence-electron chi connectivity index (χ3n) is 5.81. The number of hydrogen-bond donors (Lipinski definition) is 0. The fourth-order valence-electron chi connectivity index (χ4n) is 4.00. The van der Waals surface area contributed by atoms with Crippen molar-refractivity contribution in [1.82, 2.24) is 19.7 Å². The molecule has 3 heterocycles. The van der Waals surface area contributed by atoms with Crippen LogP contribution in [0, 0.1) is 0 Å². The molecule has 0 saturated carbocycles. The van der Waals surface area contributed by atoms with Crippen molar-refractivity contribution in [2.75, 3.05) is 33.4 Å². The maximum absolute atomic E-state index is 13.6. The average Bonchev–Trinajstić information content (AvgIpc) is 3.58. The largest absolute Gasteiger partial charge is 0.497 e. The standard InChI is InChI=1S/C26H26N4O4S/c1-32-21-10-5-9-20(17-21)24-27-28-26(30(24)18-22-11-6-14-34-22)35-23(19-7-3-2-4-8-19)25(31)29-12-15-33-16-13-29/h2-11,14,17,23H,12-13,15-16,18H2,1H3/t23-/m0/s1. The molecule has 8 nitrogen and oxygen atoms in total. The highest BCUT2D eigenvalue weighted by molar-refractivity contribution is 8.00. The molecular weight excluding hydrogens is 464 g/mol. The van der Waals surface area contributed by atoms with Gasteiger partial charge in [0.2, 0.25) is 5.91 Å². The molecular formula is C26H26N4O4S. The summed E-state index contributed by atoms with van der Waals surface area (Å²) in [5, 5.41) is 9.20. The van der Waals surface area contributed by atoms with E-state index in [9.17, 15) is 4.79 Å². The summed E-state index contributed by atoms with van der Waals surface area (Å²) in [5.74, 6) is 2.22. The first-order valence-corrected chi connectivity index (χ1v) is 12.3. The molecule has 1 aliphatic heterocycles. The quantitative estimate of drug-likeness (QED) is 0.341. The van der Waals surface area contributed by atoms with Crippen LogP contribution in [0.3, 0.4) is 0 Å². The number of methoxy groups -OCH3 is 1. The number of ether oxygens (including phenoxy) is 2. The second-order valence-electron chi connectivity index (χ2n) is 8.05. The van der Waals surface area contributed by atoms with Crippen LogP contribution in [0.25, 0.3) is 11.4 Å². The molecule has 1 saturated heterocycles. The lowest BCUT2D eigenvalue weighted by Gasteiger charge is -2.30. The van der Waals surface area contributed by atoms with Gasteiger partial charge in [-0.05, 0) is 29.8 Å². The zero-order chi connectivity index (χ0) is 24.0. The predicted octanol–water partition coefficient (Wildman–Crippen LogP) is 4.29. The minimum Gasteiger partial charge on any atom is -0.497 e. The van der Waals surface area contributed by atoms with Crippen LogP contribution >= 0.6 is 11.8 Å². The first-order chi connectivity index (χ1) is 17.2. The van der Waals surface area contributed by atoms with Gasteiger partial charge in [0.25, 0.3) is 0 Å². The smallest absolute Gasteiger partial charge is 0.240 e. The number of aromatic nitrogens is 3. The van der Waals surface area contributed by atoms with E-state index in [4.69, 9.17) is 13.9 Å². The van der Waals surface area contributed by atoms with E-state index in [1.165, 1.54) is 11.8 Å². The van der Waals surface area contributed by atoms with Crippen molar-refractivity contribution in [3.8, 4) is 17.1 Å². The first-order valence-electron chi connectivity index (χ1n) is 11.4. The summed E-state index contributed by atoms with van der Waals surface area (Å²) in [6.45, 7) is 2.69. The van der Waals surface area contributed by atoms with Crippen LogP contribution in [-0.4, -0.2) is 59.0 Å². The molecule has 0 aliphatic carbocycles. The van der Waals surface area contributed by atoms with Crippen LogP contribution in [0.5, 0.6) is 5.75 Å². The Balaban J connectivity index is 1.53. The minimum atomic E-state index is -0.466. The number of morpholine rings is 1. The Bertz CT molecular complexity index is 1250. The molecule has 1 fully saturated rings. The summed E-state index contributed by atoms with van der Waals surface area (Å²) in [6.07, 6.45) is 1.65. The number of amides is 1. The van der Waals surface area contributed by atoms with E-state index >= 15 is 0 Å². The molecule has 0 unspecified atom stereocenters. The van der Waals surface area contributed by atoms with Crippen LogP contribution in [0.1, 0.15) is 16.6 Å². The van der Waals surface area contributed by atoms with Crippen LogP contribution in [0.15, 0.2) is 82.6 Å². The van der Waals surface area contributed by atoms with E-state index in [0.29, 0.717) is 43.8 Å². The van der Waals surface area contributed by atoms with Crippen LogP contribution < -0.4 is 4.74 Å². The zero-order valence-corrected chi connectivity index (χ0v) is 20.2. The normalized spacial score (nSPS) is 14.6. The fourth-order valence-corrected chi connectivity index (χ4v) is 5.12. The maximum atomic E-state index is 13.6. The van der Waals surface area contributed by atoms with Gasteiger partial charge in [-0.1, -0.05) is 54.2 Å². The lowest BCUT2D eigenvalue weighted by molar-refractivity contribution is -0.134. The van der Waals surface area contributed by atoms with Crippen molar-refractivity contribution >= 4 is 17.7 Å². The van der Waals surface area contributed by atoms with Crippen molar-refractivity contribution < 1.29 is 18.7 Å². The molecule has 9 heteroatoms. The number of benzene rings is 2. The van der Waals surface area contributed by atoms with E-state index < -0.39 is 5.25 Å². The molecule has 0 radical (unpaired) electrons. The van der Waals surface area contributed by atoms with Crippen LogP contribution in [0.4, 0.5) is 0 Å². The number of carbonyl (C=O) groups excluding carboxylic acids is 1. The Morgan fingerprint density at radius 2 is 1.89 bits per heavy atom. The second kappa shape index (κ2) is 10.8. The van der Waals surface area contributed by atoms with E-state index in [1.54, 1.807) is 13.4 Å². The Hall–Kier alpha value is -3.56. The molecule has 35 heavy (non-hydrogen) atoms. The summed E-state index contributed by atoms with van der Waals surface area (Å²) in [7, 11) is 1.63. The van der Waals surface area contributed by atoms with Crippen LogP contribution in [-0.2, 0) is 16.1 Å². The van der Waals surface area contributed by atoms with Gasteiger partial charge in [0.05, 0.1) is 33.1 Å². The second-order valence-corrected chi connectivity index (χ2v) is 9.12. The number of rotatable bonds is 8. The number of hydrogen-bond acceptors (Lipinski definition) is 7. The van der Waals surface area contributed by atoms with Gasteiger partial charge in [-0.2, -0.15) is 0 Å². The first kappa shape index (κ1) is 23.2. The van der Waals surface area contributed by atoms with Gasteiger partial charge < -0.3 is 18.8 Å². The third-order valence-corrected chi connectivity index (χ3v) is 7.03. The molecule has 180 valence electrons. The molecule has 2 aromatic heterocycles. The summed E-state index contributed by atoms with van der Waals surface area (Å²) >= 11 is 1.40. The molecule has 0 spiro atoms. The molecule has 0 N–H and O–H groups in total. The van der Waals surface area contributed by atoms with E-state index in [1.807, 2.05) is 76.2 Å². The van der Waals surface area contributed by atoms with E-state index in [0.717, 1.165) is 22.6 Å². The number of nitrogens with zero attached hydrogens (tertiary/aromatic N) is 4. The van der Waals surface area contributed by atoms with Crippen molar-refractivity contribution in [1.29, 1.82) is 0 Å². The highest BCUT2D eigenvalue weighted by Crippen LogP contribution is 2.38. The van der Waals surface area contributed by atoms with Crippen molar-refractivity contribution in [2.24, 2.45) is 0 Å². The van der Waals surface area contributed by atoms with Crippen molar-refractivity contribution in [3.63, 3.8) is 0 Å². The zero-order valence-electron chi connectivity index (χ0n) is 19.4. The highest BCUT2D eigenvalue weighted by atomic mass is 32.2. The van der Waals surface area contributed by atoms with Crippen LogP contribution in [0.2, 0.25) is 0 Å². The monoisotopic (exact) mass is 490 g/mol. The Morgan fingerprint density at radius 1 is 1.06 bits per heavy atom. The molecule has 1 aliphatic rings. The van der Waals surface area contributed by atoms with Gasteiger partial charge in [0.15, 0.2) is 11.0 Å². The molecule has 1 atom stereocenters. The summed E-state index contributed by atoms with van der Waals surface area (Å²) < 4.78 is 18.5. The van der Waals surface area contributed by atoms with Crippen molar-refractivity contribution in [2.45, 2.75) is 17.0 Å². The Kier molecular flexibility index (Phi) is 7.15. The van der Waals surface area contributed by atoms with Gasteiger partial charge in [-0.3, -0.25) is 9.36 Å². The number of furan rings is 1. The Labute approximate surface area is 207 Å². The van der Waals surface area contributed by atoms with Gasteiger partial charge in [-0.15, -0.1) is 10.2 Å². The molecule has 2 aromatic carbocycles. The molecule has 4 aromatic rings. The van der Waals surface area contributed by atoms with E-state index in [2.05, 4.69) is 10.2 Å². The van der Waals surface area contributed by atoms with Gasteiger partial charge in [-0.25, -0.2) is 0 Å². The van der Waals surface area contributed by atoms with Gasteiger partial charge in [0, 0.05) is 18.7 Å². The fraction of sp³-hybridized carbons (Fsp3) is 0.269. The summed E-state index contributed by atoms with van der Waals surface area (Å²) in [4.78, 5) is 15.5. The number of thioether (sulfide) groups is 1. The summed E-state index contributed by atoms with van der Waals surface area (Å²) in [6, 6.07) is 21.3. The molecule has 5 rings (SSSR count). The molecule has 0 bridgehead atoms. The highest BCUT2D eigenvalue weighted by Gasteiger charge is 2.30. The maximum Gasteiger partial charge on any atom is 0.240 e. The number of carbonyl (C=O) groups is 1. The van der Waals surface area contributed by atoms with Gasteiger partial charge in [0.1, 0.15) is 16.8 Å². The van der Waals surface area contributed by atoms with E-state index in [-0.39, 0.29) is 5.91 Å². The third kappa shape index (κ3) is 5.26. The minimum absolute atomic E-state index is 0.0416. The van der Waals surface area contributed by atoms with Gasteiger partial charge >= 0.3 is 0 Å².